The molecule has 110 valence electrons. The molecule has 1 heterocycles. The number of allylic oxidation sites excluding steroid dienone is 6. The molecule has 1 aromatic carbocycles. The van der Waals surface area contributed by atoms with E-state index in [9.17, 15) is 0 Å². The third-order valence-electron chi connectivity index (χ3n) is 3.59. The van der Waals surface area contributed by atoms with E-state index in [0.29, 0.717) is 5.92 Å². The fourth-order valence-corrected chi connectivity index (χ4v) is 2.62. The third-order valence-corrected chi connectivity index (χ3v) is 3.59. The van der Waals surface area contributed by atoms with Crippen LogP contribution in [0.15, 0.2) is 66.4 Å². The molecule has 0 radical (unpaired) electrons. The Kier molecular flexibility index (Phi) is 5.21. The van der Waals surface area contributed by atoms with E-state index in [2.05, 4.69) is 87.7 Å². The van der Waals surface area contributed by atoms with Crippen molar-refractivity contribution in [1.29, 1.82) is 0 Å². The molecule has 1 nitrogen and oxygen atoms in total. The van der Waals surface area contributed by atoms with Gasteiger partial charge in [0.05, 0.1) is 6.04 Å². The lowest BCUT2D eigenvalue weighted by Crippen LogP contribution is -2.18. The number of nitrogens with one attached hydrogen (secondary N) is 1. The summed E-state index contributed by atoms with van der Waals surface area (Å²) < 4.78 is 0. The number of benzene rings is 1. The minimum absolute atomic E-state index is 0.279. The molecule has 0 amide bonds. The highest BCUT2D eigenvalue weighted by molar-refractivity contribution is 5.74. The zero-order chi connectivity index (χ0) is 15.2. The summed E-state index contributed by atoms with van der Waals surface area (Å²) in [5, 5.41) is 3.44. The van der Waals surface area contributed by atoms with E-state index in [1.165, 1.54) is 22.3 Å². The van der Waals surface area contributed by atoms with Gasteiger partial charge in [0, 0.05) is 0 Å². The Morgan fingerprint density at radius 2 is 2.10 bits per heavy atom. The van der Waals surface area contributed by atoms with Gasteiger partial charge >= 0.3 is 0 Å². The van der Waals surface area contributed by atoms with E-state index in [-0.39, 0.29) is 6.04 Å². The number of hydrogen-bond donors (Lipinski definition) is 1. The topological polar surface area (TPSA) is 12.0 Å². The molecule has 0 fully saturated rings. The average Bonchev–Trinajstić information content (AvgIpc) is 2.47. The maximum absolute atomic E-state index is 3.44. The third kappa shape index (κ3) is 3.98. The Balaban J connectivity index is 2.37. The van der Waals surface area contributed by atoms with E-state index in [1.54, 1.807) is 0 Å². The molecule has 0 saturated heterocycles. The van der Waals surface area contributed by atoms with Crippen LogP contribution in [-0.4, -0.2) is 0 Å². The molecular weight excluding hydrogens is 254 g/mol. The van der Waals surface area contributed by atoms with Gasteiger partial charge in [-0.05, 0) is 60.4 Å². The molecule has 0 bridgehead atoms. The van der Waals surface area contributed by atoms with Gasteiger partial charge in [0.15, 0.2) is 0 Å². The fourth-order valence-electron chi connectivity index (χ4n) is 2.62. The maximum Gasteiger partial charge on any atom is 0.0722 e. The SMILES string of the molecule is C/C=C\C(=C/C(C)C)c1cccc(C2NC=CC=C2C)c1. The molecule has 0 saturated carbocycles. The Labute approximate surface area is 128 Å². The molecule has 1 atom stereocenters. The second kappa shape index (κ2) is 7.12. The first-order valence-corrected chi connectivity index (χ1v) is 7.66. The Hall–Kier alpha value is -2.02. The summed E-state index contributed by atoms with van der Waals surface area (Å²) >= 11 is 0. The van der Waals surface area contributed by atoms with Crippen LogP contribution in [0.5, 0.6) is 0 Å². The first-order valence-electron chi connectivity index (χ1n) is 7.66. The van der Waals surface area contributed by atoms with Crippen LogP contribution in [0.3, 0.4) is 0 Å². The number of rotatable bonds is 4. The largest absolute Gasteiger partial charge is 0.380 e. The summed E-state index contributed by atoms with van der Waals surface area (Å²) in [5.41, 5.74) is 5.23. The molecule has 1 aliphatic heterocycles. The molecule has 1 heteroatoms. The standard InChI is InChI=1S/C20H25N/c1-5-8-17(13-15(2)3)18-10-6-11-19(14-18)20-16(4)9-7-12-21-20/h5-15,20-21H,1-4H3/b8-5-,17-13+. The lowest BCUT2D eigenvalue weighted by molar-refractivity contribution is 0.703. The van der Waals surface area contributed by atoms with Crippen molar-refractivity contribution in [3.63, 3.8) is 0 Å². The van der Waals surface area contributed by atoms with Crippen molar-refractivity contribution >= 4 is 5.57 Å². The summed E-state index contributed by atoms with van der Waals surface area (Å²) in [6.45, 7) is 8.67. The van der Waals surface area contributed by atoms with Gasteiger partial charge in [0.2, 0.25) is 0 Å². The first-order chi connectivity index (χ1) is 10.1. The van der Waals surface area contributed by atoms with E-state index in [1.807, 2.05) is 6.20 Å². The van der Waals surface area contributed by atoms with Gasteiger partial charge in [-0.25, -0.2) is 0 Å². The molecule has 0 aliphatic carbocycles. The summed E-state index contributed by atoms with van der Waals surface area (Å²) in [5.74, 6) is 0.539. The zero-order valence-corrected chi connectivity index (χ0v) is 13.4. The second-order valence-corrected chi connectivity index (χ2v) is 5.86. The van der Waals surface area contributed by atoms with Gasteiger partial charge in [-0.3, -0.25) is 0 Å². The molecule has 1 aromatic rings. The molecule has 0 spiro atoms. The van der Waals surface area contributed by atoms with Crippen LogP contribution in [0, 0.1) is 5.92 Å². The second-order valence-electron chi connectivity index (χ2n) is 5.86. The first kappa shape index (κ1) is 15.4. The highest BCUT2D eigenvalue weighted by Crippen LogP contribution is 2.27. The predicted octanol–water partition coefficient (Wildman–Crippen LogP) is 5.41. The van der Waals surface area contributed by atoms with Gasteiger partial charge in [-0.2, -0.15) is 0 Å². The molecule has 1 N–H and O–H groups in total. The molecule has 21 heavy (non-hydrogen) atoms. The molecule has 0 aromatic heterocycles. The van der Waals surface area contributed by atoms with Crippen molar-refractivity contribution in [3.05, 3.63) is 77.5 Å². The maximum atomic E-state index is 3.44. The summed E-state index contributed by atoms with van der Waals surface area (Å²) in [6, 6.07) is 9.11. The highest BCUT2D eigenvalue weighted by atomic mass is 14.9. The lowest BCUT2D eigenvalue weighted by Gasteiger charge is -2.22. The lowest BCUT2D eigenvalue weighted by atomic mass is 9.93. The monoisotopic (exact) mass is 279 g/mol. The molecule has 1 aliphatic rings. The fraction of sp³-hybridized carbons (Fsp3) is 0.300. The van der Waals surface area contributed by atoms with Crippen molar-refractivity contribution in [2.45, 2.75) is 33.7 Å². The summed E-state index contributed by atoms with van der Waals surface area (Å²) in [6.07, 6.45) is 12.9. The summed E-state index contributed by atoms with van der Waals surface area (Å²) in [4.78, 5) is 0. The minimum Gasteiger partial charge on any atom is -0.380 e. The van der Waals surface area contributed by atoms with E-state index in [4.69, 9.17) is 0 Å². The quantitative estimate of drug-likeness (QED) is 0.727. The van der Waals surface area contributed by atoms with Gasteiger partial charge in [0.1, 0.15) is 0 Å². The van der Waals surface area contributed by atoms with Crippen molar-refractivity contribution in [3.8, 4) is 0 Å². The normalized spacial score (nSPS) is 19.0. The van der Waals surface area contributed by atoms with Gasteiger partial charge in [-0.1, -0.05) is 56.4 Å². The van der Waals surface area contributed by atoms with Crippen LogP contribution in [0.2, 0.25) is 0 Å². The van der Waals surface area contributed by atoms with Crippen molar-refractivity contribution in [2.75, 3.05) is 0 Å². The van der Waals surface area contributed by atoms with Crippen LogP contribution >= 0.6 is 0 Å². The van der Waals surface area contributed by atoms with Crippen LogP contribution in [0.25, 0.3) is 5.57 Å². The van der Waals surface area contributed by atoms with Crippen LogP contribution in [-0.2, 0) is 0 Å². The molecule has 2 rings (SSSR count). The van der Waals surface area contributed by atoms with E-state index in [0.717, 1.165) is 0 Å². The average molecular weight is 279 g/mol. The number of hydrogen-bond acceptors (Lipinski definition) is 1. The van der Waals surface area contributed by atoms with Gasteiger partial charge in [0.25, 0.3) is 0 Å². The van der Waals surface area contributed by atoms with Gasteiger partial charge in [-0.15, -0.1) is 0 Å². The predicted molar refractivity (Wildman–Crippen MR) is 92.8 cm³/mol. The van der Waals surface area contributed by atoms with E-state index >= 15 is 0 Å². The molecule has 1 unspecified atom stereocenters. The Bertz CT molecular complexity index is 600. The van der Waals surface area contributed by atoms with Crippen LogP contribution in [0.4, 0.5) is 0 Å². The van der Waals surface area contributed by atoms with E-state index < -0.39 is 0 Å². The van der Waals surface area contributed by atoms with Crippen molar-refractivity contribution < 1.29 is 0 Å². The number of dihydropyridines is 1. The summed E-state index contributed by atoms with van der Waals surface area (Å²) in [7, 11) is 0. The Morgan fingerprint density at radius 1 is 1.29 bits per heavy atom. The van der Waals surface area contributed by atoms with Crippen LogP contribution < -0.4 is 5.32 Å². The van der Waals surface area contributed by atoms with Crippen LogP contribution in [0.1, 0.15) is 44.9 Å². The highest BCUT2D eigenvalue weighted by Gasteiger charge is 2.14. The Morgan fingerprint density at radius 3 is 2.76 bits per heavy atom. The smallest absolute Gasteiger partial charge is 0.0722 e. The van der Waals surface area contributed by atoms with Crippen molar-refractivity contribution in [2.24, 2.45) is 5.92 Å². The van der Waals surface area contributed by atoms with Crippen molar-refractivity contribution in [1.82, 2.24) is 5.32 Å². The van der Waals surface area contributed by atoms with Gasteiger partial charge < -0.3 is 5.32 Å². The molecular formula is C20H25N. The minimum atomic E-state index is 0.279. The zero-order valence-electron chi connectivity index (χ0n) is 13.4.